The van der Waals surface area contributed by atoms with Crippen LogP contribution in [0, 0.1) is 11.7 Å². The van der Waals surface area contributed by atoms with Crippen molar-refractivity contribution >= 4 is 11.6 Å². The van der Waals surface area contributed by atoms with E-state index in [1.165, 1.54) is 12.1 Å². The van der Waals surface area contributed by atoms with E-state index >= 15 is 0 Å². The molecular weight excluding hydrogens is 347 g/mol. The van der Waals surface area contributed by atoms with Crippen molar-refractivity contribution in [1.29, 1.82) is 0 Å². The van der Waals surface area contributed by atoms with E-state index in [2.05, 4.69) is 4.90 Å². The number of aryl methyl sites for hydroxylation is 1. The third-order valence-electron chi connectivity index (χ3n) is 4.85. The molecule has 5 heteroatoms. The van der Waals surface area contributed by atoms with Gasteiger partial charge in [0.05, 0.1) is 0 Å². The van der Waals surface area contributed by atoms with Crippen molar-refractivity contribution < 1.29 is 13.2 Å². The molecule has 1 aliphatic heterocycles. The average molecular weight is 368 g/mol. The standard InChI is InChI=1S/C20H21ClF3N/c21-18-7-2-16(3-8-18)13-25-12-11-20(23,24)17(14-25)6-1-15-4-9-19(22)10-5-15/h2-5,7-10,17H,1,6,11-14H2. The van der Waals surface area contributed by atoms with Crippen LogP contribution in [-0.4, -0.2) is 23.9 Å². The predicted molar refractivity (Wildman–Crippen MR) is 94.5 cm³/mol. The molecule has 134 valence electrons. The Kier molecular flexibility index (Phi) is 5.70. The van der Waals surface area contributed by atoms with Gasteiger partial charge >= 0.3 is 0 Å². The van der Waals surface area contributed by atoms with E-state index in [0.29, 0.717) is 37.5 Å². The molecule has 0 saturated carbocycles. The third kappa shape index (κ3) is 4.99. The Morgan fingerprint density at radius 3 is 2.32 bits per heavy atom. The van der Waals surface area contributed by atoms with Gasteiger partial charge in [-0.15, -0.1) is 0 Å². The molecule has 25 heavy (non-hydrogen) atoms. The molecule has 0 amide bonds. The molecule has 3 rings (SSSR count). The molecule has 1 aliphatic rings. The normalized spacial score (nSPS) is 20.6. The lowest BCUT2D eigenvalue weighted by Gasteiger charge is -2.38. The highest BCUT2D eigenvalue weighted by Gasteiger charge is 2.43. The molecular formula is C20H21ClF3N. The molecule has 0 radical (unpaired) electrons. The Morgan fingerprint density at radius 1 is 1.00 bits per heavy atom. The van der Waals surface area contributed by atoms with Crippen LogP contribution in [-0.2, 0) is 13.0 Å². The maximum absolute atomic E-state index is 14.3. The lowest BCUT2D eigenvalue weighted by atomic mass is 9.88. The van der Waals surface area contributed by atoms with Gasteiger partial charge in [-0.05, 0) is 48.2 Å². The van der Waals surface area contributed by atoms with E-state index in [0.717, 1.165) is 11.1 Å². The van der Waals surface area contributed by atoms with Crippen LogP contribution in [0.4, 0.5) is 13.2 Å². The molecule has 2 aromatic carbocycles. The van der Waals surface area contributed by atoms with Crippen molar-refractivity contribution in [3.8, 4) is 0 Å². The minimum atomic E-state index is -2.64. The number of halogens is 4. The monoisotopic (exact) mass is 367 g/mol. The fourth-order valence-corrected chi connectivity index (χ4v) is 3.46. The van der Waals surface area contributed by atoms with Gasteiger partial charge < -0.3 is 0 Å². The molecule has 0 aromatic heterocycles. The lowest BCUT2D eigenvalue weighted by molar-refractivity contribution is -0.109. The maximum atomic E-state index is 14.3. The summed E-state index contributed by atoms with van der Waals surface area (Å²) >= 11 is 5.89. The van der Waals surface area contributed by atoms with Gasteiger partial charge in [0, 0.05) is 37.0 Å². The van der Waals surface area contributed by atoms with E-state index in [4.69, 9.17) is 11.6 Å². The SMILES string of the molecule is Fc1ccc(CCC2CN(Cc3ccc(Cl)cc3)CCC2(F)F)cc1. The van der Waals surface area contributed by atoms with Gasteiger partial charge in [0.25, 0.3) is 5.92 Å². The lowest BCUT2D eigenvalue weighted by Crippen LogP contribution is -2.46. The molecule has 1 unspecified atom stereocenters. The summed E-state index contributed by atoms with van der Waals surface area (Å²) < 4.78 is 41.5. The number of alkyl halides is 2. The van der Waals surface area contributed by atoms with E-state index in [1.54, 1.807) is 12.1 Å². The number of benzene rings is 2. The van der Waals surface area contributed by atoms with Gasteiger partial charge in [-0.2, -0.15) is 0 Å². The molecule has 0 spiro atoms. The van der Waals surface area contributed by atoms with Crippen molar-refractivity contribution in [2.24, 2.45) is 5.92 Å². The number of hydrogen-bond acceptors (Lipinski definition) is 1. The molecule has 0 N–H and O–H groups in total. The molecule has 1 fully saturated rings. The predicted octanol–water partition coefficient (Wildman–Crippen LogP) is 5.57. The van der Waals surface area contributed by atoms with Gasteiger partial charge in [-0.25, -0.2) is 13.2 Å². The largest absolute Gasteiger partial charge is 0.298 e. The number of piperidine rings is 1. The minimum Gasteiger partial charge on any atom is -0.298 e. The Hall–Kier alpha value is -1.52. The molecule has 0 bridgehead atoms. The fraction of sp³-hybridized carbons (Fsp3) is 0.400. The zero-order valence-corrected chi connectivity index (χ0v) is 14.7. The topological polar surface area (TPSA) is 3.24 Å². The smallest absolute Gasteiger partial charge is 0.253 e. The summed E-state index contributed by atoms with van der Waals surface area (Å²) in [5.74, 6) is -3.63. The van der Waals surface area contributed by atoms with Crippen LogP contribution < -0.4 is 0 Å². The summed E-state index contributed by atoms with van der Waals surface area (Å²) in [4.78, 5) is 2.08. The van der Waals surface area contributed by atoms with Gasteiger partial charge in [-0.1, -0.05) is 35.9 Å². The Morgan fingerprint density at radius 2 is 1.64 bits per heavy atom. The van der Waals surface area contributed by atoms with E-state index in [1.807, 2.05) is 24.3 Å². The van der Waals surface area contributed by atoms with Gasteiger partial charge in [-0.3, -0.25) is 4.90 Å². The van der Waals surface area contributed by atoms with Crippen molar-refractivity contribution in [2.45, 2.75) is 31.7 Å². The summed E-state index contributed by atoms with van der Waals surface area (Å²) in [6.07, 6.45) is 0.819. The fourth-order valence-electron chi connectivity index (χ4n) is 3.33. The summed E-state index contributed by atoms with van der Waals surface area (Å²) in [7, 11) is 0. The summed E-state index contributed by atoms with van der Waals surface area (Å²) in [6, 6.07) is 13.6. The van der Waals surface area contributed by atoms with Crippen LogP contribution in [0.25, 0.3) is 0 Å². The number of likely N-dealkylation sites (tertiary alicyclic amines) is 1. The first-order chi connectivity index (χ1) is 11.9. The average Bonchev–Trinajstić information content (AvgIpc) is 2.59. The van der Waals surface area contributed by atoms with E-state index < -0.39 is 11.8 Å². The van der Waals surface area contributed by atoms with Crippen molar-refractivity contribution in [1.82, 2.24) is 4.90 Å². The van der Waals surface area contributed by atoms with Crippen molar-refractivity contribution in [2.75, 3.05) is 13.1 Å². The van der Waals surface area contributed by atoms with Crippen LogP contribution in [0.3, 0.4) is 0 Å². The van der Waals surface area contributed by atoms with Crippen LogP contribution >= 0.6 is 11.6 Å². The Balaban J connectivity index is 1.60. The summed E-state index contributed by atoms with van der Waals surface area (Å²) in [5.41, 5.74) is 1.97. The highest BCUT2D eigenvalue weighted by atomic mass is 35.5. The zero-order chi connectivity index (χ0) is 17.9. The summed E-state index contributed by atoms with van der Waals surface area (Å²) in [6.45, 7) is 1.42. The highest BCUT2D eigenvalue weighted by Crippen LogP contribution is 2.36. The van der Waals surface area contributed by atoms with Gasteiger partial charge in [0.1, 0.15) is 5.82 Å². The number of rotatable bonds is 5. The first-order valence-electron chi connectivity index (χ1n) is 8.51. The highest BCUT2D eigenvalue weighted by molar-refractivity contribution is 6.30. The van der Waals surface area contributed by atoms with Crippen molar-refractivity contribution in [3.63, 3.8) is 0 Å². The van der Waals surface area contributed by atoms with E-state index in [-0.39, 0.29) is 12.2 Å². The molecule has 1 atom stereocenters. The van der Waals surface area contributed by atoms with Crippen LogP contribution in [0.2, 0.25) is 5.02 Å². The Bertz CT molecular complexity index is 685. The maximum Gasteiger partial charge on any atom is 0.253 e. The molecule has 1 saturated heterocycles. The van der Waals surface area contributed by atoms with Crippen molar-refractivity contribution in [3.05, 3.63) is 70.5 Å². The van der Waals surface area contributed by atoms with Crippen LogP contribution in [0.5, 0.6) is 0 Å². The zero-order valence-electron chi connectivity index (χ0n) is 13.9. The minimum absolute atomic E-state index is 0.116. The van der Waals surface area contributed by atoms with Gasteiger partial charge in [0.15, 0.2) is 0 Å². The second-order valence-corrected chi connectivity index (χ2v) is 7.17. The summed E-state index contributed by atoms with van der Waals surface area (Å²) in [5, 5.41) is 0.672. The van der Waals surface area contributed by atoms with Crippen LogP contribution in [0.1, 0.15) is 24.0 Å². The first kappa shape index (κ1) is 18.3. The molecule has 1 heterocycles. The first-order valence-corrected chi connectivity index (χ1v) is 8.89. The molecule has 2 aromatic rings. The quantitative estimate of drug-likeness (QED) is 0.667. The Labute approximate surface area is 151 Å². The second-order valence-electron chi connectivity index (χ2n) is 6.73. The number of nitrogens with zero attached hydrogens (tertiary/aromatic N) is 1. The second kappa shape index (κ2) is 7.79. The third-order valence-corrected chi connectivity index (χ3v) is 5.10. The van der Waals surface area contributed by atoms with Crippen LogP contribution in [0.15, 0.2) is 48.5 Å². The van der Waals surface area contributed by atoms with E-state index in [9.17, 15) is 13.2 Å². The molecule has 0 aliphatic carbocycles. The number of hydrogen-bond donors (Lipinski definition) is 0. The van der Waals surface area contributed by atoms with Gasteiger partial charge in [0.2, 0.25) is 0 Å². The molecule has 1 nitrogen and oxygen atoms in total.